The first-order valence-corrected chi connectivity index (χ1v) is 7.30. The first-order chi connectivity index (χ1) is 10.0. The van der Waals surface area contributed by atoms with Crippen LogP contribution in [0.1, 0.15) is 32.3 Å². The number of benzene rings is 1. The third-order valence-electron chi connectivity index (χ3n) is 3.29. The van der Waals surface area contributed by atoms with Gasteiger partial charge in [0.25, 0.3) is 0 Å². The number of aliphatic carboxylic acids is 1. The molecule has 0 saturated carbocycles. The minimum absolute atomic E-state index is 0.408. The lowest BCUT2D eigenvalue weighted by molar-refractivity contribution is -0.131. The van der Waals surface area contributed by atoms with Crippen molar-refractivity contribution >= 4 is 23.6 Å². The molecule has 1 aromatic carbocycles. The molecule has 0 saturated heterocycles. The largest absolute Gasteiger partial charge is 0.493 e. The summed E-state index contributed by atoms with van der Waals surface area (Å²) in [6.45, 7) is 4.82. The van der Waals surface area contributed by atoms with Crippen LogP contribution >= 0.6 is 11.6 Å². The Bertz CT molecular complexity index is 507. The average Bonchev–Trinajstić information content (AvgIpc) is 2.47. The van der Waals surface area contributed by atoms with E-state index in [1.165, 1.54) is 13.2 Å². The van der Waals surface area contributed by atoms with Gasteiger partial charge in [0.05, 0.1) is 18.7 Å². The van der Waals surface area contributed by atoms with Crippen LogP contribution in [0.5, 0.6) is 11.5 Å². The molecule has 116 valence electrons. The summed E-state index contributed by atoms with van der Waals surface area (Å²) in [5.74, 6) is 0.452. The Kier molecular flexibility index (Phi) is 7.09. The van der Waals surface area contributed by atoms with E-state index in [0.29, 0.717) is 34.6 Å². The van der Waals surface area contributed by atoms with E-state index < -0.39 is 5.97 Å². The van der Waals surface area contributed by atoms with Crippen LogP contribution in [0.4, 0.5) is 0 Å². The summed E-state index contributed by atoms with van der Waals surface area (Å²) in [6, 6.07) is 3.36. The van der Waals surface area contributed by atoms with Gasteiger partial charge in [0.1, 0.15) is 0 Å². The predicted octanol–water partition coefficient (Wildman–Crippen LogP) is 4.26. The highest BCUT2D eigenvalue weighted by atomic mass is 35.5. The summed E-state index contributed by atoms with van der Waals surface area (Å²) < 4.78 is 11.1. The highest BCUT2D eigenvalue weighted by molar-refractivity contribution is 6.32. The molecule has 4 nitrogen and oxygen atoms in total. The molecule has 0 aliphatic heterocycles. The summed E-state index contributed by atoms with van der Waals surface area (Å²) in [5, 5.41) is 9.06. The lowest BCUT2D eigenvalue weighted by Crippen LogP contribution is -2.11. The lowest BCUT2D eigenvalue weighted by atomic mass is 10.1. The minimum Gasteiger partial charge on any atom is -0.493 e. The highest BCUT2D eigenvalue weighted by Gasteiger charge is 2.13. The number of methoxy groups -OCH3 is 1. The maximum atomic E-state index is 10.5. The van der Waals surface area contributed by atoms with E-state index in [-0.39, 0.29) is 0 Å². The van der Waals surface area contributed by atoms with Gasteiger partial charge in [-0.1, -0.05) is 38.3 Å². The number of hydrogen-bond donors (Lipinski definition) is 1. The molecule has 0 spiro atoms. The van der Waals surface area contributed by atoms with Crippen LogP contribution in [0.25, 0.3) is 6.08 Å². The second-order valence-corrected chi connectivity index (χ2v) is 5.11. The van der Waals surface area contributed by atoms with Crippen molar-refractivity contribution in [1.29, 1.82) is 0 Å². The summed E-state index contributed by atoms with van der Waals surface area (Å²) in [6.07, 6.45) is 4.59. The number of ether oxygens (including phenoxy) is 2. The van der Waals surface area contributed by atoms with Crippen molar-refractivity contribution in [2.75, 3.05) is 13.7 Å². The van der Waals surface area contributed by atoms with Crippen LogP contribution in [0, 0.1) is 5.92 Å². The van der Waals surface area contributed by atoms with E-state index >= 15 is 0 Å². The van der Waals surface area contributed by atoms with Gasteiger partial charge < -0.3 is 14.6 Å². The maximum absolute atomic E-state index is 10.5. The molecule has 0 radical (unpaired) electrons. The van der Waals surface area contributed by atoms with Gasteiger partial charge in [-0.15, -0.1) is 0 Å². The Morgan fingerprint density at radius 1 is 1.38 bits per heavy atom. The third kappa shape index (κ3) is 5.31. The molecular weight excluding hydrogens is 292 g/mol. The highest BCUT2D eigenvalue weighted by Crippen LogP contribution is 2.37. The number of rotatable bonds is 8. The molecule has 0 bridgehead atoms. The first-order valence-electron chi connectivity index (χ1n) is 6.93. The van der Waals surface area contributed by atoms with Gasteiger partial charge in [-0.3, -0.25) is 0 Å². The molecule has 1 N–H and O–H groups in total. The molecule has 0 aliphatic rings. The van der Waals surface area contributed by atoms with Crippen LogP contribution in [-0.4, -0.2) is 24.8 Å². The predicted molar refractivity (Wildman–Crippen MR) is 84.2 cm³/mol. The Morgan fingerprint density at radius 3 is 2.57 bits per heavy atom. The van der Waals surface area contributed by atoms with E-state index in [0.717, 1.165) is 18.9 Å². The zero-order valence-electron chi connectivity index (χ0n) is 12.6. The molecule has 0 fully saturated rings. The number of carbonyl (C=O) groups is 1. The quantitative estimate of drug-likeness (QED) is 0.729. The van der Waals surface area contributed by atoms with Crippen molar-refractivity contribution in [2.45, 2.75) is 26.7 Å². The Hall–Kier alpha value is -1.68. The first kappa shape index (κ1) is 17.4. The van der Waals surface area contributed by atoms with E-state index in [1.54, 1.807) is 12.1 Å². The average molecular weight is 313 g/mol. The molecule has 0 aliphatic carbocycles. The molecule has 0 amide bonds. The van der Waals surface area contributed by atoms with Crippen LogP contribution in [0.2, 0.25) is 5.02 Å². The zero-order valence-corrected chi connectivity index (χ0v) is 13.3. The van der Waals surface area contributed by atoms with Crippen molar-refractivity contribution in [2.24, 2.45) is 5.92 Å². The second-order valence-electron chi connectivity index (χ2n) is 4.70. The normalized spacial score (nSPS) is 11.1. The minimum atomic E-state index is -1.01. The Morgan fingerprint density at radius 2 is 2.05 bits per heavy atom. The van der Waals surface area contributed by atoms with Gasteiger partial charge in [0.15, 0.2) is 11.5 Å². The van der Waals surface area contributed by atoms with Gasteiger partial charge >= 0.3 is 5.97 Å². The van der Waals surface area contributed by atoms with Crippen molar-refractivity contribution in [3.8, 4) is 11.5 Å². The Balaban J connectivity index is 2.97. The van der Waals surface area contributed by atoms with Crippen LogP contribution < -0.4 is 9.47 Å². The second kappa shape index (κ2) is 8.57. The molecule has 1 aromatic rings. The van der Waals surface area contributed by atoms with Gasteiger partial charge in [0.2, 0.25) is 0 Å². The fourth-order valence-corrected chi connectivity index (χ4v) is 2.14. The number of carboxylic acids is 1. The van der Waals surface area contributed by atoms with E-state index in [1.807, 2.05) is 0 Å². The maximum Gasteiger partial charge on any atom is 0.328 e. The standard InChI is InChI=1S/C16H21ClO4/c1-4-11(5-2)10-21-16-13(17)8-12(6-7-15(18)19)9-14(16)20-3/h6-9,11H,4-5,10H2,1-3H3,(H,18,19)/b7-6+. The molecule has 0 heterocycles. The summed E-state index contributed by atoms with van der Waals surface area (Å²) >= 11 is 6.21. The molecular formula is C16H21ClO4. The number of hydrogen-bond acceptors (Lipinski definition) is 3. The molecule has 1 rings (SSSR count). The van der Waals surface area contributed by atoms with Crippen LogP contribution in [-0.2, 0) is 4.79 Å². The lowest BCUT2D eigenvalue weighted by Gasteiger charge is -2.17. The molecule has 5 heteroatoms. The van der Waals surface area contributed by atoms with Crippen LogP contribution in [0.15, 0.2) is 18.2 Å². The fourth-order valence-electron chi connectivity index (χ4n) is 1.87. The molecule has 0 aromatic heterocycles. The zero-order chi connectivity index (χ0) is 15.8. The molecule has 0 atom stereocenters. The monoisotopic (exact) mass is 312 g/mol. The van der Waals surface area contributed by atoms with Gasteiger partial charge in [0, 0.05) is 6.08 Å². The summed E-state index contributed by atoms with van der Waals surface area (Å²) in [7, 11) is 1.53. The summed E-state index contributed by atoms with van der Waals surface area (Å²) in [4.78, 5) is 10.5. The number of halogens is 1. The molecule has 21 heavy (non-hydrogen) atoms. The van der Waals surface area contributed by atoms with Crippen molar-refractivity contribution in [3.05, 3.63) is 28.8 Å². The fraction of sp³-hybridized carbons (Fsp3) is 0.438. The van der Waals surface area contributed by atoms with E-state index in [4.69, 9.17) is 26.2 Å². The topological polar surface area (TPSA) is 55.8 Å². The summed E-state index contributed by atoms with van der Waals surface area (Å²) in [5.41, 5.74) is 0.647. The van der Waals surface area contributed by atoms with Crippen LogP contribution in [0.3, 0.4) is 0 Å². The van der Waals surface area contributed by atoms with Gasteiger partial charge in [-0.2, -0.15) is 0 Å². The van der Waals surface area contributed by atoms with Crippen molar-refractivity contribution < 1.29 is 19.4 Å². The molecule has 0 unspecified atom stereocenters. The third-order valence-corrected chi connectivity index (χ3v) is 3.57. The Labute approximate surface area is 130 Å². The van der Waals surface area contributed by atoms with Crippen molar-refractivity contribution in [3.63, 3.8) is 0 Å². The van der Waals surface area contributed by atoms with Crippen molar-refractivity contribution in [1.82, 2.24) is 0 Å². The SMILES string of the molecule is CCC(CC)COc1c(Cl)cc(/C=C/C(=O)O)cc1OC. The number of carboxylic acid groups (broad SMARTS) is 1. The van der Waals surface area contributed by atoms with E-state index in [9.17, 15) is 4.79 Å². The van der Waals surface area contributed by atoms with Gasteiger partial charge in [-0.05, 0) is 29.7 Å². The smallest absolute Gasteiger partial charge is 0.328 e. The van der Waals surface area contributed by atoms with Gasteiger partial charge in [-0.25, -0.2) is 4.79 Å². The van der Waals surface area contributed by atoms with E-state index in [2.05, 4.69) is 13.8 Å².